The third-order valence-corrected chi connectivity index (χ3v) is 1.06. The van der Waals surface area contributed by atoms with Crippen molar-refractivity contribution >= 4 is 11.8 Å². The zero-order chi connectivity index (χ0) is 7.56. The summed E-state index contributed by atoms with van der Waals surface area (Å²) >= 11 is 0. The third-order valence-electron chi connectivity index (χ3n) is 1.06. The number of aliphatic hydroxyl groups is 1. The van der Waals surface area contributed by atoms with Crippen molar-refractivity contribution in [3.63, 3.8) is 0 Å². The van der Waals surface area contributed by atoms with Gasteiger partial charge in [-0.05, 0) is 0 Å². The van der Waals surface area contributed by atoms with Gasteiger partial charge in [-0.2, -0.15) is 0 Å². The average molecular weight is 142 g/mol. The Labute approximate surface area is 56.7 Å². The summed E-state index contributed by atoms with van der Waals surface area (Å²) in [4.78, 5) is 21.1. The van der Waals surface area contributed by atoms with Gasteiger partial charge in [-0.1, -0.05) is 0 Å². The fraction of sp³-hybridized carbons (Fsp3) is 0.200. The molecule has 0 aromatic heterocycles. The van der Waals surface area contributed by atoms with Crippen molar-refractivity contribution in [2.24, 2.45) is 0 Å². The average Bonchev–Trinajstić information content (AvgIpc) is 1.94. The molecule has 2 amide bonds. The molecule has 0 spiro atoms. The van der Waals surface area contributed by atoms with Crippen LogP contribution in [-0.2, 0) is 9.59 Å². The van der Waals surface area contributed by atoms with E-state index in [4.69, 9.17) is 5.11 Å². The summed E-state index contributed by atoms with van der Waals surface area (Å²) in [6, 6.07) is 0. The fourth-order valence-corrected chi connectivity index (χ4v) is 0.598. The number of hydrogen-bond acceptors (Lipinski definition) is 3. The van der Waals surface area contributed by atoms with E-state index in [1.807, 2.05) is 0 Å². The lowest BCUT2D eigenvalue weighted by molar-refractivity contribution is -0.128. The van der Waals surface area contributed by atoms with Crippen molar-refractivity contribution in [1.82, 2.24) is 10.6 Å². The van der Waals surface area contributed by atoms with E-state index < -0.39 is 5.91 Å². The summed E-state index contributed by atoms with van der Waals surface area (Å²) in [7, 11) is 0. The lowest BCUT2D eigenvalue weighted by Crippen LogP contribution is -2.47. The van der Waals surface area contributed by atoms with Crippen LogP contribution < -0.4 is 10.6 Å². The van der Waals surface area contributed by atoms with Gasteiger partial charge < -0.3 is 15.7 Å². The highest BCUT2D eigenvalue weighted by Gasteiger charge is 2.18. The highest BCUT2D eigenvalue weighted by molar-refractivity contribution is 6.02. The first kappa shape index (κ1) is 6.60. The second kappa shape index (κ2) is 2.38. The minimum absolute atomic E-state index is 0.0316. The number of carbonyl (C=O) groups is 2. The molecule has 0 bridgehead atoms. The van der Waals surface area contributed by atoms with Gasteiger partial charge in [-0.15, -0.1) is 0 Å². The van der Waals surface area contributed by atoms with Crippen LogP contribution in [0.5, 0.6) is 0 Å². The predicted octanol–water partition coefficient (Wildman–Crippen LogP) is -1.37. The second-order valence-electron chi connectivity index (χ2n) is 1.77. The minimum atomic E-state index is -0.470. The number of rotatable bonds is 0. The van der Waals surface area contributed by atoms with Crippen LogP contribution in [0.15, 0.2) is 12.0 Å². The monoisotopic (exact) mass is 142 g/mol. The van der Waals surface area contributed by atoms with Gasteiger partial charge in [-0.3, -0.25) is 9.59 Å². The van der Waals surface area contributed by atoms with Crippen molar-refractivity contribution in [3.05, 3.63) is 12.0 Å². The number of piperazine rings is 1. The van der Waals surface area contributed by atoms with Gasteiger partial charge in [0.25, 0.3) is 5.91 Å². The Hall–Kier alpha value is -1.52. The molecule has 0 unspecified atom stereocenters. The van der Waals surface area contributed by atoms with Gasteiger partial charge in [0.05, 0.1) is 6.54 Å². The van der Waals surface area contributed by atoms with E-state index >= 15 is 0 Å². The van der Waals surface area contributed by atoms with Gasteiger partial charge in [0.1, 0.15) is 12.0 Å². The molecule has 1 fully saturated rings. The van der Waals surface area contributed by atoms with Crippen molar-refractivity contribution in [2.45, 2.75) is 0 Å². The number of carbonyl (C=O) groups excluding carboxylic acids is 2. The third kappa shape index (κ3) is 1.07. The molecule has 0 aromatic rings. The molecule has 0 radical (unpaired) electrons. The Morgan fingerprint density at radius 2 is 2.20 bits per heavy atom. The normalized spacial score (nSPS) is 22.2. The minimum Gasteiger partial charge on any atom is -0.513 e. The van der Waals surface area contributed by atoms with Gasteiger partial charge in [0.2, 0.25) is 5.91 Å². The topological polar surface area (TPSA) is 78.4 Å². The smallest absolute Gasteiger partial charge is 0.271 e. The van der Waals surface area contributed by atoms with E-state index in [0.717, 1.165) is 0 Å². The molecule has 5 nitrogen and oxygen atoms in total. The van der Waals surface area contributed by atoms with Crippen LogP contribution in [0.3, 0.4) is 0 Å². The molecule has 54 valence electrons. The summed E-state index contributed by atoms with van der Waals surface area (Å²) in [5.41, 5.74) is -0.115. The highest BCUT2D eigenvalue weighted by atomic mass is 16.2. The first-order valence-corrected chi connectivity index (χ1v) is 2.66. The molecule has 0 atom stereocenters. The molecule has 1 aliphatic heterocycles. The Morgan fingerprint density at radius 1 is 1.50 bits per heavy atom. The van der Waals surface area contributed by atoms with Crippen LogP contribution in [-0.4, -0.2) is 23.5 Å². The molecule has 5 heteroatoms. The zero-order valence-electron chi connectivity index (χ0n) is 5.05. The van der Waals surface area contributed by atoms with Gasteiger partial charge in [0.15, 0.2) is 0 Å². The number of nitrogens with one attached hydrogen (secondary N) is 2. The summed E-state index contributed by atoms with van der Waals surface area (Å²) < 4.78 is 0. The lowest BCUT2D eigenvalue weighted by atomic mass is 10.3. The molecule has 1 rings (SSSR count). The fourth-order valence-electron chi connectivity index (χ4n) is 0.598. The van der Waals surface area contributed by atoms with Crippen molar-refractivity contribution in [1.29, 1.82) is 0 Å². The van der Waals surface area contributed by atoms with Crippen molar-refractivity contribution < 1.29 is 14.7 Å². The standard InChI is InChI=1S/C5H6N2O3/c8-2-3-5(10)6-1-4(9)7-3/h2,8H,1H2,(H,6,10)(H,7,9)/b3-2+. The molecular formula is C5H6N2O3. The van der Waals surface area contributed by atoms with Crippen LogP contribution in [0.1, 0.15) is 0 Å². The first-order chi connectivity index (χ1) is 4.74. The largest absolute Gasteiger partial charge is 0.513 e. The summed E-state index contributed by atoms with van der Waals surface area (Å²) in [5.74, 6) is -0.804. The molecule has 1 aliphatic rings. The summed E-state index contributed by atoms with van der Waals surface area (Å²) in [6.45, 7) is -0.0316. The van der Waals surface area contributed by atoms with Crippen LogP contribution in [0, 0.1) is 0 Å². The number of hydrogen-bond donors (Lipinski definition) is 3. The molecule has 3 N–H and O–H groups in total. The van der Waals surface area contributed by atoms with Crippen LogP contribution in [0.2, 0.25) is 0 Å². The Bertz CT molecular complexity index is 209. The maximum atomic E-state index is 10.6. The van der Waals surface area contributed by atoms with E-state index in [1.54, 1.807) is 0 Å². The Balaban J connectivity index is 2.72. The van der Waals surface area contributed by atoms with Gasteiger partial charge >= 0.3 is 0 Å². The molecule has 1 saturated heterocycles. The van der Waals surface area contributed by atoms with E-state index in [2.05, 4.69) is 10.6 Å². The quantitative estimate of drug-likeness (QED) is 0.288. The van der Waals surface area contributed by atoms with E-state index in [-0.39, 0.29) is 18.1 Å². The Morgan fingerprint density at radius 3 is 2.70 bits per heavy atom. The second-order valence-corrected chi connectivity index (χ2v) is 1.77. The van der Waals surface area contributed by atoms with Crippen molar-refractivity contribution in [3.8, 4) is 0 Å². The summed E-state index contributed by atoms with van der Waals surface area (Å²) in [5, 5.41) is 12.8. The number of aliphatic hydroxyl groups excluding tert-OH is 1. The van der Waals surface area contributed by atoms with E-state index in [9.17, 15) is 9.59 Å². The maximum absolute atomic E-state index is 10.6. The highest BCUT2D eigenvalue weighted by Crippen LogP contribution is 1.91. The molecule has 10 heavy (non-hydrogen) atoms. The lowest BCUT2D eigenvalue weighted by Gasteiger charge is -2.13. The van der Waals surface area contributed by atoms with Gasteiger partial charge in [-0.25, -0.2) is 0 Å². The zero-order valence-corrected chi connectivity index (χ0v) is 5.05. The number of amides is 2. The molecule has 0 saturated carbocycles. The van der Waals surface area contributed by atoms with Crippen LogP contribution >= 0.6 is 0 Å². The molecular weight excluding hydrogens is 136 g/mol. The van der Waals surface area contributed by atoms with E-state index in [1.165, 1.54) is 0 Å². The van der Waals surface area contributed by atoms with Gasteiger partial charge in [0, 0.05) is 0 Å². The van der Waals surface area contributed by atoms with Crippen LogP contribution in [0.4, 0.5) is 0 Å². The SMILES string of the molecule is O=C1CNC(=O)/C(=C\O)N1. The first-order valence-electron chi connectivity index (χ1n) is 2.66. The summed E-state index contributed by atoms with van der Waals surface area (Å²) in [6.07, 6.45) is 0.562. The molecule has 0 aromatic carbocycles. The predicted molar refractivity (Wildman–Crippen MR) is 31.9 cm³/mol. The molecule has 1 heterocycles. The maximum Gasteiger partial charge on any atom is 0.271 e. The molecule has 0 aliphatic carbocycles. The Kier molecular flexibility index (Phi) is 1.57. The van der Waals surface area contributed by atoms with E-state index in [0.29, 0.717) is 6.26 Å². The van der Waals surface area contributed by atoms with Crippen LogP contribution in [0.25, 0.3) is 0 Å². The van der Waals surface area contributed by atoms with Crippen molar-refractivity contribution in [2.75, 3.05) is 6.54 Å².